The fraction of sp³-hybridized carbons (Fsp3) is 0.333. The summed E-state index contributed by atoms with van der Waals surface area (Å²) in [5.74, 6) is 1.22. The summed E-state index contributed by atoms with van der Waals surface area (Å²) in [5.41, 5.74) is 5.20. The summed E-state index contributed by atoms with van der Waals surface area (Å²) >= 11 is 0. The Morgan fingerprint density at radius 3 is 2.51 bits per heavy atom. The van der Waals surface area contributed by atoms with Crippen LogP contribution in [0.5, 0.6) is 11.5 Å². The van der Waals surface area contributed by atoms with Crippen molar-refractivity contribution < 1.29 is 19.1 Å². The lowest BCUT2D eigenvalue weighted by Gasteiger charge is -2.48. The summed E-state index contributed by atoms with van der Waals surface area (Å²) in [6.07, 6.45) is 1.36. The maximum Gasteiger partial charge on any atom is 0.246 e. The first-order valence-electron chi connectivity index (χ1n) is 14.2. The molecule has 8 heteroatoms. The number of H-pyrrole nitrogens is 1. The molecule has 3 aromatic carbocycles. The normalized spacial score (nSPS) is 22.6. The fourth-order valence-electron chi connectivity index (χ4n) is 7.02. The molecule has 0 unspecified atom stereocenters. The molecule has 1 aromatic heterocycles. The first kappa shape index (κ1) is 25.7. The minimum Gasteiger partial charge on any atom is -0.493 e. The average molecular weight is 551 g/mol. The molecule has 4 heterocycles. The zero-order chi connectivity index (χ0) is 28.1. The second-order valence-electron chi connectivity index (χ2n) is 11.2. The number of benzene rings is 3. The van der Waals surface area contributed by atoms with Crippen LogP contribution in [0.2, 0.25) is 0 Å². The number of fused-ring (bicyclic) bond motifs is 4. The number of likely N-dealkylation sites (tertiary alicyclic amines) is 1. The van der Waals surface area contributed by atoms with Gasteiger partial charge in [-0.15, -0.1) is 0 Å². The molecule has 8 nitrogen and oxygen atoms in total. The van der Waals surface area contributed by atoms with Gasteiger partial charge in [-0.3, -0.25) is 14.5 Å². The van der Waals surface area contributed by atoms with Gasteiger partial charge in [-0.05, 0) is 41.3 Å². The largest absolute Gasteiger partial charge is 0.493 e. The second-order valence-corrected chi connectivity index (χ2v) is 11.2. The van der Waals surface area contributed by atoms with Crippen molar-refractivity contribution in [1.29, 1.82) is 0 Å². The molecule has 0 spiro atoms. The van der Waals surface area contributed by atoms with Crippen LogP contribution in [0.25, 0.3) is 10.9 Å². The highest BCUT2D eigenvalue weighted by atomic mass is 16.5. The number of carbonyl (C=O) groups excluding carboxylic acids is 2. The SMILES string of the molecule is COc1ccc([C@@H]2c3[nH]c4ccccc4c3C[C@@H]3C(=O)N([C@H]4CCN(Cc5ccccc5)C4)CC(=O)N23)cc1OC. The van der Waals surface area contributed by atoms with Gasteiger partial charge in [0.2, 0.25) is 11.8 Å². The molecule has 2 fully saturated rings. The van der Waals surface area contributed by atoms with Crippen molar-refractivity contribution in [1.82, 2.24) is 19.7 Å². The van der Waals surface area contributed by atoms with Crippen molar-refractivity contribution in [3.05, 3.63) is 95.2 Å². The molecular formula is C33H34N4O4. The van der Waals surface area contributed by atoms with Gasteiger partial charge >= 0.3 is 0 Å². The summed E-state index contributed by atoms with van der Waals surface area (Å²) in [7, 11) is 3.21. The number of nitrogens with zero attached hydrogens (tertiary/aromatic N) is 3. The molecule has 4 aromatic rings. The molecule has 3 aliphatic rings. The fourth-order valence-corrected chi connectivity index (χ4v) is 7.02. The van der Waals surface area contributed by atoms with Crippen LogP contribution >= 0.6 is 0 Å². The molecule has 2 amide bonds. The highest BCUT2D eigenvalue weighted by Crippen LogP contribution is 2.44. The number of hydrogen-bond donors (Lipinski definition) is 1. The Labute approximate surface area is 239 Å². The maximum atomic E-state index is 14.3. The van der Waals surface area contributed by atoms with Crippen LogP contribution in [0.3, 0.4) is 0 Å². The molecule has 2 saturated heterocycles. The highest BCUT2D eigenvalue weighted by Gasteiger charge is 2.50. The van der Waals surface area contributed by atoms with Crippen molar-refractivity contribution in [2.45, 2.75) is 37.5 Å². The number of ether oxygens (including phenoxy) is 2. The summed E-state index contributed by atoms with van der Waals surface area (Å²) in [6.45, 7) is 2.63. The van der Waals surface area contributed by atoms with Crippen LogP contribution in [0.4, 0.5) is 0 Å². The number of carbonyl (C=O) groups is 2. The second kappa shape index (κ2) is 10.3. The minimum atomic E-state index is -0.566. The Hall–Kier alpha value is -4.30. The number of aromatic nitrogens is 1. The molecule has 0 saturated carbocycles. The van der Waals surface area contributed by atoms with E-state index in [0.717, 1.165) is 53.8 Å². The third-order valence-corrected chi connectivity index (χ3v) is 8.95. The Balaban J connectivity index is 1.24. The van der Waals surface area contributed by atoms with Crippen molar-refractivity contribution in [3.63, 3.8) is 0 Å². The Morgan fingerprint density at radius 1 is 0.927 bits per heavy atom. The quantitative estimate of drug-likeness (QED) is 0.391. The maximum absolute atomic E-state index is 14.3. The van der Waals surface area contributed by atoms with Crippen molar-refractivity contribution in [2.75, 3.05) is 33.9 Å². The number of rotatable bonds is 6. The Morgan fingerprint density at radius 2 is 1.71 bits per heavy atom. The highest BCUT2D eigenvalue weighted by molar-refractivity contribution is 5.98. The minimum absolute atomic E-state index is 0.0276. The predicted octanol–water partition coefficient (Wildman–Crippen LogP) is 4.14. The van der Waals surface area contributed by atoms with Gasteiger partial charge in [-0.25, -0.2) is 0 Å². The first-order valence-corrected chi connectivity index (χ1v) is 14.2. The van der Waals surface area contributed by atoms with E-state index in [4.69, 9.17) is 9.47 Å². The van der Waals surface area contributed by atoms with Crippen LogP contribution in [0.15, 0.2) is 72.8 Å². The third kappa shape index (κ3) is 4.34. The van der Waals surface area contributed by atoms with E-state index >= 15 is 0 Å². The van der Waals surface area contributed by atoms with Gasteiger partial charge in [0, 0.05) is 48.7 Å². The monoisotopic (exact) mass is 550 g/mol. The van der Waals surface area contributed by atoms with E-state index in [2.05, 4.69) is 40.2 Å². The molecule has 0 bridgehead atoms. The summed E-state index contributed by atoms with van der Waals surface area (Å²) < 4.78 is 11.1. The van der Waals surface area contributed by atoms with Crippen molar-refractivity contribution >= 4 is 22.7 Å². The predicted molar refractivity (Wildman–Crippen MR) is 156 cm³/mol. The number of piperazine rings is 1. The Kier molecular flexibility index (Phi) is 6.43. The van der Waals surface area contributed by atoms with Crippen LogP contribution < -0.4 is 9.47 Å². The number of methoxy groups -OCH3 is 2. The molecule has 41 heavy (non-hydrogen) atoms. The van der Waals surface area contributed by atoms with E-state index in [1.54, 1.807) is 14.2 Å². The van der Waals surface area contributed by atoms with Gasteiger partial charge in [0.05, 0.1) is 20.3 Å². The smallest absolute Gasteiger partial charge is 0.246 e. The third-order valence-electron chi connectivity index (χ3n) is 8.95. The van der Waals surface area contributed by atoms with Crippen molar-refractivity contribution in [2.24, 2.45) is 0 Å². The van der Waals surface area contributed by atoms with Crippen LogP contribution in [0, 0.1) is 0 Å². The van der Waals surface area contributed by atoms with Crippen LogP contribution in [-0.4, -0.2) is 77.4 Å². The van der Waals surface area contributed by atoms with E-state index in [-0.39, 0.29) is 24.4 Å². The van der Waals surface area contributed by atoms with E-state index in [0.29, 0.717) is 17.9 Å². The molecule has 210 valence electrons. The lowest BCUT2D eigenvalue weighted by atomic mass is 9.85. The summed E-state index contributed by atoms with van der Waals surface area (Å²) in [6, 6.07) is 23.4. The zero-order valence-electron chi connectivity index (χ0n) is 23.4. The lowest BCUT2D eigenvalue weighted by molar-refractivity contribution is -0.160. The van der Waals surface area contributed by atoms with E-state index in [1.165, 1.54) is 5.56 Å². The number of para-hydroxylation sites is 1. The van der Waals surface area contributed by atoms with Gasteiger partial charge in [0.1, 0.15) is 12.6 Å². The molecule has 7 rings (SSSR count). The van der Waals surface area contributed by atoms with Gasteiger partial charge in [-0.1, -0.05) is 54.6 Å². The number of aromatic amines is 1. The molecule has 3 atom stereocenters. The standard InChI is InChI=1S/C33H34N4O4/c1-40-28-13-12-22(16-29(28)41-2)32-31-25(24-10-6-7-11-26(24)34-31)17-27-33(39)36(20-30(38)37(27)32)23-14-15-35(19-23)18-21-8-4-3-5-9-21/h3-13,16,23,27,32,34H,14-15,17-20H2,1-2H3/t23-,27+,32+/m0/s1. The van der Waals surface area contributed by atoms with Gasteiger partial charge < -0.3 is 24.3 Å². The van der Waals surface area contributed by atoms with E-state index < -0.39 is 12.1 Å². The summed E-state index contributed by atoms with van der Waals surface area (Å²) in [5, 5.41) is 1.10. The molecule has 1 N–H and O–H groups in total. The topological polar surface area (TPSA) is 78.1 Å². The van der Waals surface area contributed by atoms with Crippen LogP contribution in [0.1, 0.15) is 34.8 Å². The number of amides is 2. The number of nitrogens with one attached hydrogen (secondary N) is 1. The van der Waals surface area contributed by atoms with Gasteiger partial charge in [0.25, 0.3) is 0 Å². The Bertz CT molecular complexity index is 1620. The van der Waals surface area contributed by atoms with Gasteiger partial charge in [-0.2, -0.15) is 0 Å². The lowest BCUT2D eigenvalue weighted by Crippen LogP contribution is -2.65. The molecule has 0 radical (unpaired) electrons. The van der Waals surface area contributed by atoms with Crippen molar-refractivity contribution in [3.8, 4) is 11.5 Å². The summed E-state index contributed by atoms with van der Waals surface area (Å²) in [4.78, 5) is 38.0. The van der Waals surface area contributed by atoms with Gasteiger partial charge in [0.15, 0.2) is 11.5 Å². The zero-order valence-corrected chi connectivity index (χ0v) is 23.4. The van der Waals surface area contributed by atoms with Crippen LogP contribution in [-0.2, 0) is 22.6 Å². The number of hydrogen-bond acceptors (Lipinski definition) is 5. The molecule has 3 aliphatic heterocycles. The van der Waals surface area contributed by atoms with E-state index in [9.17, 15) is 9.59 Å². The molecule has 0 aliphatic carbocycles. The first-order chi connectivity index (χ1) is 20.1. The molecular weight excluding hydrogens is 516 g/mol. The van der Waals surface area contributed by atoms with E-state index in [1.807, 2.05) is 52.3 Å². The average Bonchev–Trinajstić information content (AvgIpc) is 3.62.